The number of hydrogen-bond acceptors (Lipinski definition) is 3. The Kier molecular flexibility index (Phi) is 6.64. The van der Waals surface area contributed by atoms with Gasteiger partial charge in [0.1, 0.15) is 5.82 Å². The van der Waals surface area contributed by atoms with Crippen LogP contribution < -0.4 is 5.32 Å². The molecule has 1 heterocycles. The molecule has 2 aromatic carbocycles. The highest BCUT2D eigenvalue weighted by Gasteiger charge is 2.50. The molecule has 6 heteroatoms. The monoisotopic (exact) mass is 398 g/mol. The van der Waals surface area contributed by atoms with Crippen molar-refractivity contribution in [3.8, 4) is 11.1 Å². The van der Waals surface area contributed by atoms with E-state index in [0.29, 0.717) is 19.4 Å². The van der Waals surface area contributed by atoms with Gasteiger partial charge in [-0.25, -0.2) is 4.39 Å². The molecule has 3 atom stereocenters. The van der Waals surface area contributed by atoms with Crippen molar-refractivity contribution in [2.24, 2.45) is 0 Å². The summed E-state index contributed by atoms with van der Waals surface area (Å²) in [5.41, 5.74) is 2.67. The van der Waals surface area contributed by atoms with Crippen LogP contribution in [0.1, 0.15) is 38.2 Å². The number of amides is 2. The molecular weight excluding hydrogens is 371 g/mol. The number of likely N-dealkylation sites (tertiary alicyclic amines) is 1. The van der Waals surface area contributed by atoms with E-state index >= 15 is 0 Å². The van der Waals surface area contributed by atoms with E-state index in [1.165, 1.54) is 12.1 Å². The lowest BCUT2D eigenvalue weighted by atomic mass is 9.74. The molecule has 5 nitrogen and oxygen atoms in total. The molecule has 1 aliphatic rings. The number of rotatable bonds is 7. The van der Waals surface area contributed by atoms with Crippen LogP contribution in [0.5, 0.6) is 0 Å². The van der Waals surface area contributed by atoms with Crippen molar-refractivity contribution in [3.63, 3.8) is 0 Å². The van der Waals surface area contributed by atoms with Crippen LogP contribution in [0.3, 0.4) is 0 Å². The van der Waals surface area contributed by atoms with Gasteiger partial charge in [-0.05, 0) is 28.8 Å². The van der Waals surface area contributed by atoms with E-state index in [2.05, 4.69) is 5.32 Å². The highest BCUT2D eigenvalue weighted by molar-refractivity contribution is 5.79. The number of carbonyl (C=O) groups is 2. The highest BCUT2D eigenvalue weighted by Crippen LogP contribution is 2.41. The fraction of sp³-hybridized carbons (Fsp3) is 0.391. The largest absolute Gasteiger partial charge is 0.394 e. The zero-order chi connectivity index (χ0) is 21.0. The van der Waals surface area contributed by atoms with Gasteiger partial charge in [0.2, 0.25) is 11.8 Å². The summed E-state index contributed by atoms with van der Waals surface area (Å²) in [7, 11) is 0. The van der Waals surface area contributed by atoms with Crippen molar-refractivity contribution in [1.82, 2.24) is 10.2 Å². The van der Waals surface area contributed by atoms with E-state index in [9.17, 15) is 19.1 Å². The van der Waals surface area contributed by atoms with Crippen LogP contribution in [0.25, 0.3) is 11.1 Å². The summed E-state index contributed by atoms with van der Waals surface area (Å²) in [5, 5.41) is 12.8. The van der Waals surface area contributed by atoms with E-state index in [1.54, 1.807) is 24.8 Å². The minimum atomic E-state index is -0.314. The van der Waals surface area contributed by atoms with Gasteiger partial charge < -0.3 is 15.3 Å². The molecule has 3 rings (SSSR count). The fourth-order valence-corrected chi connectivity index (χ4v) is 4.08. The van der Waals surface area contributed by atoms with Crippen LogP contribution in [-0.4, -0.2) is 47.1 Å². The minimum Gasteiger partial charge on any atom is -0.394 e. The maximum Gasteiger partial charge on any atom is 0.222 e. The van der Waals surface area contributed by atoms with Crippen molar-refractivity contribution in [2.45, 2.75) is 44.7 Å². The normalized spacial score (nSPS) is 20.8. The van der Waals surface area contributed by atoms with Crippen LogP contribution in [0.2, 0.25) is 0 Å². The molecule has 1 fully saturated rings. The third-order valence-corrected chi connectivity index (χ3v) is 5.60. The number of nitrogens with one attached hydrogen (secondary N) is 1. The van der Waals surface area contributed by atoms with Crippen LogP contribution in [-0.2, 0) is 9.59 Å². The molecule has 0 unspecified atom stereocenters. The van der Waals surface area contributed by atoms with Gasteiger partial charge in [0.25, 0.3) is 0 Å². The van der Waals surface area contributed by atoms with E-state index in [-0.39, 0.29) is 42.2 Å². The summed E-state index contributed by atoms with van der Waals surface area (Å²) < 4.78 is 13.5. The average Bonchev–Trinajstić information content (AvgIpc) is 2.73. The molecule has 0 bridgehead atoms. The molecular formula is C23H27FN2O3. The number of aliphatic hydroxyl groups excluding tert-OH is 1. The Bertz CT molecular complexity index is 869. The van der Waals surface area contributed by atoms with Gasteiger partial charge in [-0.1, -0.05) is 50.2 Å². The maximum atomic E-state index is 13.5. The summed E-state index contributed by atoms with van der Waals surface area (Å²) in [6.07, 6.45) is 0.727. The molecule has 0 aromatic heterocycles. The summed E-state index contributed by atoms with van der Waals surface area (Å²) in [6, 6.07) is 13.7. The minimum absolute atomic E-state index is 0.0348. The molecule has 2 N–H and O–H groups in total. The van der Waals surface area contributed by atoms with E-state index < -0.39 is 0 Å². The molecule has 2 amide bonds. The lowest BCUT2D eigenvalue weighted by Gasteiger charge is -2.55. The summed E-state index contributed by atoms with van der Waals surface area (Å²) in [6.45, 7) is 3.79. The van der Waals surface area contributed by atoms with Crippen LogP contribution in [0.15, 0.2) is 48.5 Å². The van der Waals surface area contributed by atoms with Crippen molar-refractivity contribution in [3.05, 3.63) is 59.9 Å². The Labute approximate surface area is 170 Å². The third kappa shape index (κ3) is 4.32. The van der Waals surface area contributed by atoms with Crippen molar-refractivity contribution >= 4 is 11.8 Å². The number of carbonyl (C=O) groups excluding carboxylic acids is 2. The first-order valence-corrected chi connectivity index (χ1v) is 10.0. The number of nitrogens with zero attached hydrogens (tertiary/aromatic N) is 1. The summed E-state index contributed by atoms with van der Waals surface area (Å²) >= 11 is 0. The number of benzene rings is 2. The highest BCUT2D eigenvalue weighted by atomic mass is 19.1. The zero-order valence-electron chi connectivity index (χ0n) is 16.8. The van der Waals surface area contributed by atoms with Gasteiger partial charge in [0.15, 0.2) is 0 Å². The van der Waals surface area contributed by atoms with Gasteiger partial charge in [-0.15, -0.1) is 0 Å². The first-order valence-electron chi connectivity index (χ1n) is 10.0. The molecule has 29 heavy (non-hydrogen) atoms. The molecule has 154 valence electrons. The second kappa shape index (κ2) is 9.18. The quantitative estimate of drug-likeness (QED) is 0.753. The molecule has 1 saturated heterocycles. The van der Waals surface area contributed by atoms with Crippen LogP contribution >= 0.6 is 0 Å². The Hall–Kier alpha value is -2.73. The summed E-state index contributed by atoms with van der Waals surface area (Å²) in [4.78, 5) is 25.8. The van der Waals surface area contributed by atoms with Crippen molar-refractivity contribution in [1.29, 1.82) is 0 Å². The Morgan fingerprint density at radius 1 is 1.03 bits per heavy atom. The molecule has 0 radical (unpaired) electrons. The number of halogens is 1. The lowest BCUT2D eigenvalue weighted by Crippen LogP contribution is -2.68. The maximum absolute atomic E-state index is 13.5. The van der Waals surface area contributed by atoms with Gasteiger partial charge >= 0.3 is 0 Å². The molecule has 0 saturated carbocycles. The van der Waals surface area contributed by atoms with E-state index in [4.69, 9.17) is 0 Å². The molecule has 1 aliphatic heterocycles. The molecule has 2 aromatic rings. The van der Waals surface area contributed by atoms with Gasteiger partial charge in [0.05, 0.1) is 18.7 Å². The predicted molar refractivity (Wildman–Crippen MR) is 110 cm³/mol. The second-order valence-electron chi connectivity index (χ2n) is 7.29. The SMILES string of the molecule is CCC(=O)NC[C@H]1[C@H](c2ccc(-c3cccc(F)c3)cc2)[C@H](CO)N1C(=O)CC. The second-order valence-corrected chi connectivity index (χ2v) is 7.29. The first kappa shape index (κ1) is 21.0. The Morgan fingerprint density at radius 2 is 1.76 bits per heavy atom. The average molecular weight is 398 g/mol. The van der Waals surface area contributed by atoms with Crippen molar-refractivity contribution < 1.29 is 19.1 Å². The molecule has 0 spiro atoms. The first-order chi connectivity index (χ1) is 14.0. The smallest absolute Gasteiger partial charge is 0.222 e. The third-order valence-electron chi connectivity index (χ3n) is 5.60. The van der Waals surface area contributed by atoms with Gasteiger partial charge in [-0.2, -0.15) is 0 Å². The Morgan fingerprint density at radius 3 is 2.34 bits per heavy atom. The number of aliphatic hydroxyl groups is 1. The Balaban J connectivity index is 1.85. The van der Waals surface area contributed by atoms with Gasteiger partial charge in [0, 0.05) is 25.3 Å². The molecule has 0 aliphatic carbocycles. The number of hydrogen-bond donors (Lipinski definition) is 2. The van der Waals surface area contributed by atoms with Gasteiger partial charge in [-0.3, -0.25) is 9.59 Å². The van der Waals surface area contributed by atoms with E-state index in [1.807, 2.05) is 30.3 Å². The topological polar surface area (TPSA) is 69.6 Å². The van der Waals surface area contributed by atoms with Crippen LogP contribution in [0.4, 0.5) is 4.39 Å². The standard InChI is InChI=1S/C23H27FN2O3/c1-3-21(28)25-13-19-23(20(14-27)26(19)22(29)4-2)16-10-8-15(9-11-16)17-6-5-7-18(24)12-17/h5-12,19-20,23,27H,3-4,13-14H2,1-2H3,(H,25,28)/t19-,20-,23-/m0/s1. The van der Waals surface area contributed by atoms with Crippen LogP contribution in [0, 0.1) is 5.82 Å². The zero-order valence-corrected chi connectivity index (χ0v) is 16.8. The van der Waals surface area contributed by atoms with Crippen molar-refractivity contribution in [2.75, 3.05) is 13.2 Å². The summed E-state index contributed by atoms with van der Waals surface area (Å²) in [5.74, 6) is -0.463. The predicted octanol–water partition coefficient (Wildman–Crippen LogP) is 3.08. The fourth-order valence-electron chi connectivity index (χ4n) is 4.08. The lowest BCUT2D eigenvalue weighted by molar-refractivity contribution is -0.150. The van der Waals surface area contributed by atoms with E-state index in [0.717, 1.165) is 16.7 Å².